The highest BCUT2D eigenvalue weighted by Crippen LogP contribution is 2.39. The fourth-order valence-electron chi connectivity index (χ4n) is 7.94. The fourth-order valence-corrected chi connectivity index (χ4v) is 7.94. The zero-order chi connectivity index (χ0) is 39.1. The average molecular weight is 770 g/mol. The van der Waals surface area contributed by atoms with Crippen LogP contribution in [-0.4, -0.2) is 99.1 Å². The van der Waals surface area contributed by atoms with Gasteiger partial charge in [-0.15, -0.1) is 0 Å². The first-order valence-corrected chi connectivity index (χ1v) is 19.8. The van der Waals surface area contributed by atoms with Gasteiger partial charge < -0.3 is 43.7 Å². The van der Waals surface area contributed by atoms with Gasteiger partial charge in [-0.3, -0.25) is 9.97 Å². The van der Waals surface area contributed by atoms with E-state index >= 15 is 0 Å². The molecule has 0 aliphatic heterocycles. The van der Waals surface area contributed by atoms with Crippen molar-refractivity contribution in [3.8, 4) is 11.5 Å². The van der Waals surface area contributed by atoms with Crippen LogP contribution in [0, 0.1) is 27.7 Å². The molecule has 11 nitrogen and oxygen atoms in total. The van der Waals surface area contributed by atoms with Gasteiger partial charge in [0.25, 0.3) is 0 Å². The van der Waals surface area contributed by atoms with Crippen LogP contribution in [0.3, 0.4) is 0 Å². The Labute approximate surface area is 332 Å². The molecule has 0 aliphatic rings. The molecule has 57 heavy (non-hydrogen) atoms. The van der Waals surface area contributed by atoms with Crippen LogP contribution in [0.15, 0.2) is 73.3 Å². The summed E-state index contributed by atoms with van der Waals surface area (Å²) in [4.78, 5) is 16.0. The lowest BCUT2D eigenvalue weighted by Crippen LogP contribution is -2.25. The van der Waals surface area contributed by atoms with E-state index in [1.54, 1.807) is 0 Å². The summed E-state index contributed by atoms with van der Waals surface area (Å²) < 4.78 is 34.9. The molecular weight excluding hydrogens is 719 g/mol. The molecule has 0 saturated heterocycles. The number of nitrogens with zero attached hydrogens (tertiary/aromatic N) is 2. The molecule has 0 bridgehead atoms. The van der Waals surface area contributed by atoms with E-state index in [0.29, 0.717) is 66.1 Å². The summed E-state index contributed by atoms with van der Waals surface area (Å²) in [5.74, 6) is 1.65. The number of aryl methyl sites for hydroxylation is 4. The number of H-pyrrole nitrogens is 2. The predicted octanol–water partition coefficient (Wildman–Crippen LogP) is 8.40. The Morgan fingerprint density at radius 2 is 0.877 bits per heavy atom. The molecule has 0 atom stereocenters. The molecule has 3 N–H and O–H groups in total. The van der Waals surface area contributed by atoms with Gasteiger partial charge in [0.1, 0.15) is 24.7 Å². The van der Waals surface area contributed by atoms with Crippen molar-refractivity contribution in [1.29, 1.82) is 0 Å². The maximum absolute atomic E-state index is 6.04. The number of ether oxygens (including phenoxy) is 6. The maximum atomic E-state index is 6.04. The second kappa shape index (κ2) is 17.9. The topological polar surface area (TPSA) is 125 Å². The molecular formula is C46H51N5O6. The molecule has 0 radical (unpaired) electrons. The second-order valence-electron chi connectivity index (χ2n) is 14.4. The highest BCUT2D eigenvalue weighted by atomic mass is 16.5. The molecule has 0 aliphatic carbocycles. The van der Waals surface area contributed by atoms with Crippen LogP contribution in [0.2, 0.25) is 0 Å². The number of aromatic amines is 2. The zero-order valence-electron chi connectivity index (χ0n) is 33.3. The predicted molar refractivity (Wildman–Crippen MR) is 228 cm³/mol. The first-order chi connectivity index (χ1) is 28.0. The van der Waals surface area contributed by atoms with Gasteiger partial charge in [-0.05, 0) is 109 Å². The molecule has 4 aromatic carbocycles. The minimum atomic E-state index is 0.471. The normalized spacial score (nSPS) is 12.0. The maximum Gasteiger partial charge on any atom is 0.120 e. The summed E-state index contributed by atoms with van der Waals surface area (Å²) in [6.07, 6.45) is 7.61. The molecule has 0 amide bonds. The van der Waals surface area contributed by atoms with Crippen molar-refractivity contribution in [3.63, 3.8) is 0 Å². The van der Waals surface area contributed by atoms with E-state index in [2.05, 4.69) is 89.3 Å². The van der Waals surface area contributed by atoms with E-state index in [4.69, 9.17) is 28.4 Å². The van der Waals surface area contributed by atoms with E-state index in [1.165, 1.54) is 65.6 Å². The molecule has 0 unspecified atom stereocenters. The molecule has 8 aromatic rings. The summed E-state index contributed by atoms with van der Waals surface area (Å²) in [6.45, 7) is 15.4. The smallest absolute Gasteiger partial charge is 0.120 e. The van der Waals surface area contributed by atoms with Crippen molar-refractivity contribution in [2.24, 2.45) is 0 Å². The Bertz CT molecular complexity index is 2470. The lowest BCUT2D eigenvalue weighted by atomic mass is 9.97. The van der Waals surface area contributed by atoms with Crippen molar-refractivity contribution in [1.82, 2.24) is 25.3 Å². The third-order valence-electron chi connectivity index (χ3n) is 10.9. The number of hydrogen-bond donors (Lipinski definition) is 3. The lowest BCUT2D eigenvalue weighted by Gasteiger charge is -2.10. The van der Waals surface area contributed by atoms with Crippen molar-refractivity contribution < 1.29 is 28.4 Å². The van der Waals surface area contributed by atoms with Crippen molar-refractivity contribution in [2.75, 3.05) is 79.2 Å². The van der Waals surface area contributed by atoms with Crippen LogP contribution < -0.4 is 14.8 Å². The zero-order valence-corrected chi connectivity index (χ0v) is 33.3. The van der Waals surface area contributed by atoms with E-state index in [-0.39, 0.29) is 0 Å². The molecule has 11 heteroatoms. The first kappa shape index (κ1) is 38.6. The molecule has 4 heterocycles. The Morgan fingerprint density at radius 1 is 0.456 bits per heavy atom. The number of rotatable bonds is 20. The number of benzene rings is 4. The molecule has 4 aromatic heterocycles. The highest BCUT2D eigenvalue weighted by molar-refractivity contribution is 6.17. The second-order valence-corrected chi connectivity index (χ2v) is 14.4. The van der Waals surface area contributed by atoms with Gasteiger partial charge in [0, 0.05) is 81.2 Å². The van der Waals surface area contributed by atoms with Crippen LogP contribution >= 0.6 is 0 Å². The van der Waals surface area contributed by atoms with Crippen LogP contribution in [0.4, 0.5) is 0 Å². The third-order valence-corrected chi connectivity index (χ3v) is 10.9. The van der Waals surface area contributed by atoms with Gasteiger partial charge in [0.2, 0.25) is 0 Å². The van der Waals surface area contributed by atoms with E-state index in [1.807, 2.05) is 36.9 Å². The summed E-state index contributed by atoms with van der Waals surface area (Å²) in [5, 5.41) is 12.9. The lowest BCUT2D eigenvalue weighted by molar-refractivity contribution is 0.0324. The quantitative estimate of drug-likeness (QED) is 0.0656. The monoisotopic (exact) mass is 769 g/mol. The van der Waals surface area contributed by atoms with Gasteiger partial charge in [0.15, 0.2) is 0 Å². The van der Waals surface area contributed by atoms with Crippen LogP contribution in [-0.2, 0) is 18.9 Å². The minimum Gasteiger partial charge on any atom is -0.491 e. The van der Waals surface area contributed by atoms with Gasteiger partial charge in [-0.2, -0.15) is 0 Å². The average Bonchev–Trinajstić information content (AvgIpc) is 3.82. The number of hydrogen-bond acceptors (Lipinski definition) is 9. The fraction of sp³-hybridized carbons (Fsp3) is 0.348. The standard InChI is InChI=1S/C46H51N5O6/c1-29-39-27-48-11-9-35(39)31(3)45-43(29)37-25-33(5-7-41(37)50-45)56-23-21-54-19-17-52-15-13-47-14-16-53-18-20-55-22-24-57-34-6-8-42-38(26-34)44-30(2)40-28-49-12-10-36(40)32(4)46(44)51-42/h5-12,25-28,47,50-51H,13-24H2,1-4H3. The van der Waals surface area contributed by atoms with Gasteiger partial charge in [0.05, 0.1) is 63.9 Å². The van der Waals surface area contributed by atoms with Crippen molar-refractivity contribution in [2.45, 2.75) is 27.7 Å². The Balaban J connectivity index is 0.643. The summed E-state index contributed by atoms with van der Waals surface area (Å²) in [5.41, 5.74) is 9.44. The Hall–Kier alpha value is -5.30. The summed E-state index contributed by atoms with van der Waals surface area (Å²) >= 11 is 0. The number of fused-ring (bicyclic) bond motifs is 8. The van der Waals surface area contributed by atoms with E-state index in [9.17, 15) is 0 Å². The summed E-state index contributed by atoms with van der Waals surface area (Å²) in [6, 6.07) is 16.6. The van der Waals surface area contributed by atoms with Gasteiger partial charge >= 0.3 is 0 Å². The highest BCUT2D eigenvalue weighted by Gasteiger charge is 2.16. The first-order valence-electron chi connectivity index (χ1n) is 19.8. The molecule has 0 saturated carbocycles. The van der Waals surface area contributed by atoms with Crippen LogP contribution in [0.1, 0.15) is 22.3 Å². The Kier molecular flexibility index (Phi) is 12.1. The van der Waals surface area contributed by atoms with Gasteiger partial charge in [-0.25, -0.2) is 0 Å². The van der Waals surface area contributed by atoms with Crippen molar-refractivity contribution >= 4 is 65.2 Å². The molecule has 296 valence electrons. The number of pyridine rings is 2. The molecule has 0 fully saturated rings. The number of aromatic nitrogens is 4. The SMILES string of the molecule is Cc1c2ccncc2c(C)c2c1[nH]c1ccc(OCCOCCOCCNCCOCCOCCOc3ccc4[nH]c5c(C)c6ccncc6c(C)c5c4c3)cc12. The van der Waals surface area contributed by atoms with Gasteiger partial charge in [-0.1, -0.05) is 0 Å². The Morgan fingerprint density at radius 3 is 1.33 bits per heavy atom. The van der Waals surface area contributed by atoms with E-state index in [0.717, 1.165) is 46.4 Å². The van der Waals surface area contributed by atoms with Crippen molar-refractivity contribution in [3.05, 3.63) is 95.6 Å². The minimum absolute atomic E-state index is 0.471. The summed E-state index contributed by atoms with van der Waals surface area (Å²) in [7, 11) is 0. The largest absolute Gasteiger partial charge is 0.491 e. The molecule has 8 rings (SSSR count). The number of nitrogens with one attached hydrogen (secondary N) is 3. The van der Waals surface area contributed by atoms with Crippen LogP contribution in [0.25, 0.3) is 65.2 Å². The van der Waals surface area contributed by atoms with E-state index < -0.39 is 0 Å². The molecule has 0 spiro atoms. The van der Waals surface area contributed by atoms with Crippen LogP contribution in [0.5, 0.6) is 11.5 Å². The third kappa shape index (κ3) is 8.25.